The minimum absolute atomic E-state index is 0.399. The average Bonchev–Trinajstić information content (AvgIpc) is 2.48. The molecule has 0 unspecified atom stereocenters. The van der Waals surface area contributed by atoms with E-state index in [9.17, 15) is 0 Å². The lowest BCUT2D eigenvalue weighted by Crippen LogP contribution is -2.13. The molecule has 2 nitrogen and oxygen atoms in total. The molecule has 0 aromatic heterocycles. The van der Waals surface area contributed by atoms with E-state index in [4.69, 9.17) is 10.5 Å². The molecule has 2 aromatic rings. The zero-order valence-electron chi connectivity index (χ0n) is 12.5. The number of rotatable bonds is 2. The van der Waals surface area contributed by atoms with Gasteiger partial charge in [0.1, 0.15) is 0 Å². The molecule has 2 rings (SSSR count). The third-order valence-corrected chi connectivity index (χ3v) is 3.98. The third-order valence-electron chi connectivity index (χ3n) is 3.00. The highest BCUT2D eigenvalue weighted by Gasteiger charge is 2.19. The maximum absolute atomic E-state index is 8.87. The van der Waals surface area contributed by atoms with Gasteiger partial charge in [-0.3, -0.25) is 0 Å². The number of nitrogens with zero attached hydrogens (tertiary/aromatic N) is 2. The van der Waals surface area contributed by atoms with Crippen molar-refractivity contribution in [3.8, 4) is 12.1 Å². The molecular formula is C18H16Br2N2. The normalized spacial score (nSPS) is 9.91. The fourth-order valence-corrected chi connectivity index (χ4v) is 2.53. The van der Waals surface area contributed by atoms with Gasteiger partial charge in [-0.1, -0.05) is 56.1 Å². The Hall–Kier alpha value is -1.62. The molecule has 0 N–H and O–H groups in total. The molecule has 0 saturated heterocycles. The second kappa shape index (κ2) is 8.73. The van der Waals surface area contributed by atoms with E-state index in [0.717, 1.165) is 20.1 Å². The van der Waals surface area contributed by atoms with E-state index < -0.39 is 5.41 Å². The van der Waals surface area contributed by atoms with Gasteiger partial charge in [0.25, 0.3) is 0 Å². The zero-order chi connectivity index (χ0) is 16.6. The highest BCUT2D eigenvalue weighted by atomic mass is 79.9. The fraction of sp³-hybridized carbons (Fsp3) is 0.222. The maximum atomic E-state index is 8.87. The van der Waals surface area contributed by atoms with Crippen LogP contribution in [0, 0.1) is 22.7 Å². The largest absolute Gasteiger partial charge is 0.198 e. The molecule has 112 valence electrons. The summed E-state index contributed by atoms with van der Waals surface area (Å²) in [5, 5.41) is 17.2. The molecule has 0 spiro atoms. The summed E-state index contributed by atoms with van der Waals surface area (Å²) in [6, 6.07) is 20.0. The Bertz CT molecular complexity index is 710. The van der Waals surface area contributed by atoms with Crippen molar-refractivity contribution in [2.75, 3.05) is 0 Å². The van der Waals surface area contributed by atoms with Gasteiger partial charge < -0.3 is 0 Å². The first-order chi connectivity index (χ1) is 10.4. The zero-order valence-corrected chi connectivity index (χ0v) is 15.6. The molecule has 0 fully saturated rings. The highest BCUT2D eigenvalue weighted by Crippen LogP contribution is 2.24. The van der Waals surface area contributed by atoms with Crippen LogP contribution in [-0.4, -0.2) is 0 Å². The monoisotopic (exact) mass is 418 g/mol. The minimum Gasteiger partial charge on any atom is -0.198 e. The Labute approximate surface area is 148 Å². The topological polar surface area (TPSA) is 47.6 Å². The molecule has 0 amide bonds. The van der Waals surface area contributed by atoms with Crippen molar-refractivity contribution in [3.63, 3.8) is 0 Å². The summed E-state index contributed by atoms with van der Waals surface area (Å²) in [6.07, 6.45) is 0.486. The van der Waals surface area contributed by atoms with Gasteiger partial charge in [0, 0.05) is 8.95 Å². The second-order valence-corrected chi connectivity index (χ2v) is 7.04. The summed E-state index contributed by atoms with van der Waals surface area (Å²) in [7, 11) is 0. The van der Waals surface area contributed by atoms with E-state index >= 15 is 0 Å². The molecule has 0 atom stereocenters. The summed E-state index contributed by atoms with van der Waals surface area (Å²) in [5.74, 6) is 0. The number of hydrogen-bond donors (Lipinski definition) is 0. The SMILES string of the molecule is CC(C)(C#N)c1cccc(Br)c1.N#CCc1cccc(Br)c1. The van der Waals surface area contributed by atoms with Gasteiger partial charge in [0.05, 0.1) is 24.0 Å². The first-order valence-corrected chi connectivity index (χ1v) is 8.26. The third kappa shape index (κ3) is 6.02. The summed E-state index contributed by atoms with van der Waals surface area (Å²) < 4.78 is 2.04. The van der Waals surface area contributed by atoms with E-state index in [0.29, 0.717) is 6.42 Å². The Morgan fingerprint density at radius 1 is 0.955 bits per heavy atom. The van der Waals surface area contributed by atoms with Gasteiger partial charge in [-0.25, -0.2) is 0 Å². The van der Waals surface area contributed by atoms with Gasteiger partial charge in [-0.2, -0.15) is 10.5 Å². The van der Waals surface area contributed by atoms with Crippen molar-refractivity contribution in [3.05, 3.63) is 68.6 Å². The minimum atomic E-state index is -0.399. The summed E-state index contributed by atoms with van der Waals surface area (Å²) in [6.45, 7) is 3.82. The predicted octanol–water partition coefficient (Wildman–Crippen LogP) is 5.77. The van der Waals surface area contributed by atoms with E-state index in [2.05, 4.69) is 44.0 Å². The molecular weight excluding hydrogens is 404 g/mol. The van der Waals surface area contributed by atoms with E-state index in [-0.39, 0.29) is 0 Å². The second-order valence-electron chi connectivity index (χ2n) is 5.21. The standard InChI is InChI=1S/C10H10BrN.C8H6BrN/c1-10(2,7-12)8-4-3-5-9(11)6-8;9-8-3-1-2-7(6-8)4-5-10/h3-6H,1-2H3;1-3,6H,4H2. The van der Waals surface area contributed by atoms with Crippen molar-refractivity contribution < 1.29 is 0 Å². The summed E-state index contributed by atoms with van der Waals surface area (Å²) in [5.41, 5.74) is 1.69. The van der Waals surface area contributed by atoms with Crippen LogP contribution in [0.3, 0.4) is 0 Å². The summed E-state index contributed by atoms with van der Waals surface area (Å²) >= 11 is 6.70. The molecule has 0 heterocycles. The van der Waals surface area contributed by atoms with Crippen molar-refractivity contribution in [2.24, 2.45) is 0 Å². The molecule has 0 aliphatic carbocycles. The van der Waals surface area contributed by atoms with Gasteiger partial charge in [-0.15, -0.1) is 0 Å². The van der Waals surface area contributed by atoms with Crippen LogP contribution in [0.1, 0.15) is 25.0 Å². The lowest BCUT2D eigenvalue weighted by molar-refractivity contribution is 0.686. The molecule has 4 heteroatoms. The van der Waals surface area contributed by atoms with Crippen LogP contribution < -0.4 is 0 Å². The predicted molar refractivity (Wildman–Crippen MR) is 96.2 cm³/mol. The maximum Gasteiger partial charge on any atom is 0.0766 e. The van der Waals surface area contributed by atoms with Crippen LogP contribution in [0.4, 0.5) is 0 Å². The Morgan fingerprint density at radius 3 is 2.05 bits per heavy atom. The molecule has 0 aliphatic rings. The van der Waals surface area contributed by atoms with E-state index in [1.54, 1.807) is 0 Å². The van der Waals surface area contributed by atoms with Crippen molar-refractivity contribution >= 4 is 31.9 Å². The molecule has 0 saturated carbocycles. The van der Waals surface area contributed by atoms with Crippen LogP contribution in [0.5, 0.6) is 0 Å². The van der Waals surface area contributed by atoms with E-state index in [1.807, 2.05) is 62.4 Å². The van der Waals surface area contributed by atoms with E-state index in [1.165, 1.54) is 0 Å². The Kier molecular flexibility index (Phi) is 7.32. The lowest BCUT2D eigenvalue weighted by atomic mass is 9.87. The number of hydrogen-bond acceptors (Lipinski definition) is 2. The number of nitriles is 2. The summed E-state index contributed by atoms with van der Waals surface area (Å²) in [4.78, 5) is 0. The molecule has 0 bridgehead atoms. The van der Waals surface area contributed by atoms with Crippen molar-refractivity contribution in [2.45, 2.75) is 25.7 Å². The molecule has 2 aromatic carbocycles. The number of halogens is 2. The van der Waals surface area contributed by atoms with Gasteiger partial charge in [0.2, 0.25) is 0 Å². The van der Waals surface area contributed by atoms with Gasteiger partial charge in [0.15, 0.2) is 0 Å². The Morgan fingerprint density at radius 2 is 1.55 bits per heavy atom. The number of benzene rings is 2. The quantitative estimate of drug-likeness (QED) is 0.620. The first kappa shape index (κ1) is 18.4. The average molecular weight is 420 g/mol. The van der Waals surface area contributed by atoms with Gasteiger partial charge >= 0.3 is 0 Å². The Balaban J connectivity index is 0.000000224. The van der Waals surface area contributed by atoms with Crippen LogP contribution in [0.15, 0.2) is 57.5 Å². The fourth-order valence-electron chi connectivity index (χ4n) is 1.68. The van der Waals surface area contributed by atoms with Crippen molar-refractivity contribution in [1.82, 2.24) is 0 Å². The molecule has 0 aliphatic heterocycles. The smallest absolute Gasteiger partial charge is 0.0766 e. The molecule has 22 heavy (non-hydrogen) atoms. The van der Waals surface area contributed by atoms with Crippen LogP contribution in [0.25, 0.3) is 0 Å². The first-order valence-electron chi connectivity index (χ1n) is 6.68. The van der Waals surface area contributed by atoms with Crippen LogP contribution >= 0.6 is 31.9 Å². The van der Waals surface area contributed by atoms with Gasteiger partial charge in [-0.05, 0) is 49.2 Å². The van der Waals surface area contributed by atoms with Crippen molar-refractivity contribution in [1.29, 1.82) is 10.5 Å². The molecule has 0 radical (unpaired) electrons. The van der Waals surface area contributed by atoms with Crippen LogP contribution in [-0.2, 0) is 11.8 Å². The highest BCUT2D eigenvalue weighted by molar-refractivity contribution is 9.10. The lowest BCUT2D eigenvalue weighted by Gasteiger charge is -2.15. The van der Waals surface area contributed by atoms with Crippen LogP contribution in [0.2, 0.25) is 0 Å².